The zero-order chi connectivity index (χ0) is 13.8. The van der Waals surface area contributed by atoms with E-state index < -0.39 is 23.4 Å². The van der Waals surface area contributed by atoms with E-state index in [-0.39, 0.29) is 18.4 Å². The summed E-state index contributed by atoms with van der Waals surface area (Å²) in [6.45, 7) is -0.164. The maximum atomic E-state index is 10.5. The summed E-state index contributed by atoms with van der Waals surface area (Å²) in [7, 11) is 0. The van der Waals surface area contributed by atoms with Gasteiger partial charge in [-0.3, -0.25) is 10.1 Å². The topological polar surface area (TPSA) is 102 Å². The standard InChI is InChI=1S/C12H17NO6/c14-7-11-5-9(15)6-12(19-11)18-10-3-1-8(2-4-10)13(16)17/h1-3,9-12,14-15H,4-7H2/t9-,10?,11-,12+/m0/s1. The third-order valence-electron chi connectivity index (χ3n) is 3.13. The van der Waals surface area contributed by atoms with Crippen LogP contribution in [0.15, 0.2) is 23.9 Å². The van der Waals surface area contributed by atoms with Crippen LogP contribution in [0.5, 0.6) is 0 Å². The van der Waals surface area contributed by atoms with Crippen molar-refractivity contribution in [2.45, 2.75) is 43.9 Å². The van der Waals surface area contributed by atoms with E-state index >= 15 is 0 Å². The maximum Gasteiger partial charge on any atom is 0.265 e. The van der Waals surface area contributed by atoms with Crippen molar-refractivity contribution in [1.82, 2.24) is 0 Å². The van der Waals surface area contributed by atoms with Gasteiger partial charge in [0.25, 0.3) is 5.70 Å². The highest BCUT2D eigenvalue weighted by molar-refractivity contribution is 5.18. The lowest BCUT2D eigenvalue weighted by Gasteiger charge is -2.33. The minimum Gasteiger partial charge on any atom is -0.394 e. The van der Waals surface area contributed by atoms with Crippen LogP contribution in [0.4, 0.5) is 0 Å². The molecule has 1 aliphatic carbocycles. The second-order valence-electron chi connectivity index (χ2n) is 4.65. The molecule has 1 heterocycles. The number of rotatable bonds is 4. The predicted molar refractivity (Wildman–Crippen MR) is 64.7 cm³/mol. The van der Waals surface area contributed by atoms with Crippen LogP contribution in [-0.4, -0.2) is 46.3 Å². The van der Waals surface area contributed by atoms with Crippen LogP contribution >= 0.6 is 0 Å². The van der Waals surface area contributed by atoms with Gasteiger partial charge in [-0.15, -0.1) is 0 Å². The molecule has 0 aromatic rings. The van der Waals surface area contributed by atoms with Gasteiger partial charge in [-0.2, -0.15) is 0 Å². The van der Waals surface area contributed by atoms with Crippen molar-refractivity contribution < 1.29 is 24.6 Å². The highest BCUT2D eigenvalue weighted by Gasteiger charge is 2.30. The van der Waals surface area contributed by atoms with Gasteiger partial charge in [0.15, 0.2) is 6.29 Å². The Balaban J connectivity index is 1.86. The molecule has 0 aromatic carbocycles. The minimum absolute atomic E-state index is 0.0534. The van der Waals surface area contributed by atoms with Crippen molar-refractivity contribution in [3.8, 4) is 0 Å². The molecule has 7 nitrogen and oxygen atoms in total. The first-order chi connectivity index (χ1) is 9.08. The second-order valence-corrected chi connectivity index (χ2v) is 4.65. The van der Waals surface area contributed by atoms with E-state index in [0.717, 1.165) is 0 Å². The molecule has 0 aromatic heterocycles. The van der Waals surface area contributed by atoms with E-state index in [0.29, 0.717) is 19.3 Å². The molecule has 0 radical (unpaired) electrons. The summed E-state index contributed by atoms with van der Waals surface area (Å²) >= 11 is 0. The molecule has 2 rings (SSSR count). The van der Waals surface area contributed by atoms with E-state index in [1.54, 1.807) is 6.08 Å². The number of nitro groups is 1. The van der Waals surface area contributed by atoms with Gasteiger partial charge in [0, 0.05) is 25.3 Å². The Bertz CT molecular complexity index is 394. The Kier molecular flexibility index (Phi) is 4.65. The Morgan fingerprint density at radius 3 is 2.89 bits per heavy atom. The van der Waals surface area contributed by atoms with Crippen LogP contribution < -0.4 is 0 Å². The number of ether oxygens (including phenoxy) is 2. The zero-order valence-corrected chi connectivity index (χ0v) is 10.3. The molecule has 1 fully saturated rings. The molecule has 2 aliphatic rings. The molecular formula is C12H17NO6. The summed E-state index contributed by atoms with van der Waals surface area (Å²) in [5.41, 5.74) is 0.0534. The van der Waals surface area contributed by atoms with Gasteiger partial charge in [-0.25, -0.2) is 0 Å². The Hall–Kier alpha value is -1.28. The number of aliphatic hydroxyl groups excluding tert-OH is 2. The molecule has 7 heteroatoms. The fourth-order valence-corrected chi connectivity index (χ4v) is 2.17. The van der Waals surface area contributed by atoms with Crippen molar-refractivity contribution in [2.75, 3.05) is 6.61 Å². The Morgan fingerprint density at radius 1 is 1.53 bits per heavy atom. The first-order valence-electron chi connectivity index (χ1n) is 6.21. The lowest BCUT2D eigenvalue weighted by atomic mass is 10.1. The van der Waals surface area contributed by atoms with Gasteiger partial charge in [-0.05, 0) is 12.2 Å². The van der Waals surface area contributed by atoms with Crippen LogP contribution in [0, 0.1) is 10.1 Å². The number of allylic oxidation sites excluding steroid dienone is 1. The minimum atomic E-state index is -0.596. The van der Waals surface area contributed by atoms with Gasteiger partial charge in [0.05, 0.1) is 29.8 Å². The van der Waals surface area contributed by atoms with Crippen molar-refractivity contribution in [3.63, 3.8) is 0 Å². The molecule has 4 atom stereocenters. The smallest absolute Gasteiger partial charge is 0.265 e. The van der Waals surface area contributed by atoms with Gasteiger partial charge in [-0.1, -0.05) is 0 Å². The third-order valence-corrected chi connectivity index (χ3v) is 3.13. The van der Waals surface area contributed by atoms with Crippen molar-refractivity contribution >= 4 is 0 Å². The zero-order valence-electron chi connectivity index (χ0n) is 10.3. The van der Waals surface area contributed by atoms with E-state index in [4.69, 9.17) is 14.6 Å². The summed E-state index contributed by atoms with van der Waals surface area (Å²) < 4.78 is 11.1. The predicted octanol–water partition coefficient (Wildman–Crippen LogP) is 0.350. The average molecular weight is 271 g/mol. The molecule has 0 spiro atoms. The third kappa shape index (κ3) is 3.84. The molecule has 1 aliphatic heterocycles. The van der Waals surface area contributed by atoms with Crippen LogP contribution in [0.2, 0.25) is 0 Å². The highest BCUT2D eigenvalue weighted by atomic mass is 16.7. The highest BCUT2D eigenvalue weighted by Crippen LogP contribution is 2.24. The summed E-state index contributed by atoms with van der Waals surface area (Å²) in [6, 6.07) is 0. The van der Waals surface area contributed by atoms with Crippen LogP contribution in [0.3, 0.4) is 0 Å². The quantitative estimate of drug-likeness (QED) is 0.565. The molecule has 19 heavy (non-hydrogen) atoms. The second kappa shape index (κ2) is 6.25. The first-order valence-corrected chi connectivity index (χ1v) is 6.21. The largest absolute Gasteiger partial charge is 0.394 e. The molecule has 0 bridgehead atoms. The number of hydrogen-bond donors (Lipinski definition) is 2. The summed E-state index contributed by atoms with van der Waals surface area (Å²) in [5, 5.41) is 29.2. The van der Waals surface area contributed by atoms with E-state index in [9.17, 15) is 15.2 Å². The Morgan fingerprint density at radius 2 is 2.32 bits per heavy atom. The van der Waals surface area contributed by atoms with Crippen molar-refractivity contribution in [3.05, 3.63) is 34.0 Å². The van der Waals surface area contributed by atoms with Gasteiger partial charge >= 0.3 is 0 Å². The normalized spacial score (nSPS) is 34.9. The maximum absolute atomic E-state index is 10.5. The van der Waals surface area contributed by atoms with E-state index in [2.05, 4.69) is 0 Å². The SMILES string of the molecule is O=[N+]([O-])C1=CCC(O[C@H]2C[C@@H](O)C[C@@H](CO)O2)C=C1. The molecule has 106 valence electrons. The summed E-state index contributed by atoms with van der Waals surface area (Å²) in [5.74, 6) is 0. The molecule has 0 amide bonds. The van der Waals surface area contributed by atoms with Gasteiger partial charge in [0.2, 0.25) is 0 Å². The molecular weight excluding hydrogens is 254 g/mol. The fraction of sp³-hybridized carbons (Fsp3) is 0.667. The summed E-state index contributed by atoms with van der Waals surface area (Å²) in [4.78, 5) is 10.1. The monoisotopic (exact) mass is 271 g/mol. The van der Waals surface area contributed by atoms with E-state index in [1.165, 1.54) is 12.2 Å². The number of aliphatic hydroxyl groups is 2. The average Bonchev–Trinajstić information content (AvgIpc) is 2.38. The molecule has 0 saturated carbocycles. The van der Waals surface area contributed by atoms with Crippen LogP contribution in [0.1, 0.15) is 19.3 Å². The van der Waals surface area contributed by atoms with Crippen molar-refractivity contribution in [1.29, 1.82) is 0 Å². The van der Waals surface area contributed by atoms with Crippen molar-refractivity contribution in [2.24, 2.45) is 0 Å². The fourth-order valence-electron chi connectivity index (χ4n) is 2.17. The van der Waals surface area contributed by atoms with Crippen LogP contribution in [-0.2, 0) is 9.47 Å². The molecule has 2 N–H and O–H groups in total. The first kappa shape index (κ1) is 14.1. The molecule has 1 unspecified atom stereocenters. The Labute approximate surface area is 110 Å². The van der Waals surface area contributed by atoms with E-state index in [1.807, 2.05) is 0 Å². The molecule has 1 saturated heterocycles. The number of hydrogen-bond acceptors (Lipinski definition) is 6. The lowest BCUT2D eigenvalue weighted by molar-refractivity contribution is -0.419. The number of nitrogens with zero attached hydrogens (tertiary/aromatic N) is 1. The van der Waals surface area contributed by atoms with Gasteiger partial charge < -0.3 is 19.7 Å². The lowest BCUT2D eigenvalue weighted by Crippen LogP contribution is -2.40. The van der Waals surface area contributed by atoms with Gasteiger partial charge in [0.1, 0.15) is 0 Å². The summed E-state index contributed by atoms with van der Waals surface area (Å²) in [6.07, 6.45) is 3.74. The van der Waals surface area contributed by atoms with Crippen LogP contribution in [0.25, 0.3) is 0 Å².